The molecule has 2 aromatic rings. The van der Waals surface area contributed by atoms with Crippen molar-refractivity contribution in [3.8, 4) is 0 Å². The number of nitrogens with two attached hydrogens (primary N) is 1. The van der Waals surface area contributed by atoms with E-state index in [4.69, 9.17) is 14.8 Å². The quantitative estimate of drug-likeness (QED) is 0.228. The fraction of sp³-hybridized carbons (Fsp3) is 0.615. The molecule has 4 fully saturated rings. The SMILES string of the molecule is Nc1ncnc2c1ncn2C12CC(O)C(O)C1(C(O)(O)C13OP1(=O)O3)C2. The fourth-order valence-electron chi connectivity index (χ4n) is 4.95. The van der Waals surface area contributed by atoms with Gasteiger partial charge in [0.15, 0.2) is 11.5 Å². The molecule has 0 aromatic carbocycles. The first-order chi connectivity index (χ1) is 12.2. The molecule has 2 saturated carbocycles. The Morgan fingerprint density at radius 2 is 2.00 bits per heavy atom. The van der Waals surface area contributed by atoms with Gasteiger partial charge in [0.2, 0.25) is 5.79 Å². The first-order valence-corrected chi connectivity index (χ1v) is 9.47. The van der Waals surface area contributed by atoms with Gasteiger partial charge in [-0.1, -0.05) is 0 Å². The van der Waals surface area contributed by atoms with Crippen LogP contribution in [-0.4, -0.2) is 63.5 Å². The largest absolute Gasteiger partial charge is 0.403 e. The van der Waals surface area contributed by atoms with Crippen LogP contribution in [0.4, 0.5) is 5.82 Å². The minimum absolute atomic E-state index is 0.00673. The van der Waals surface area contributed by atoms with Crippen molar-refractivity contribution in [3.05, 3.63) is 12.7 Å². The number of aliphatic hydroxyl groups excluding tert-OH is 2. The minimum atomic E-state index is -3.52. The number of nitrogens with zero attached hydrogens (tertiary/aromatic N) is 4. The zero-order valence-corrected chi connectivity index (χ0v) is 13.9. The molecule has 12 nitrogen and oxygen atoms in total. The van der Waals surface area contributed by atoms with Crippen LogP contribution in [0.3, 0.4) is 0 Å². The van der Waals surface area contributed by atoms with E-state index in [-0.39, 0.29) is 18.7 Å². The number of aromatic nitrogens is 4. The molecular weight excluding hydrogens is 369 g/mol. The fourth-order valence-corrected chi connectivity index (χ4v) is 6.77. The Morgan fingerprint density at radius 1 is 1.31 bits per heavy atom. The van der Waals surface area contributed by atoms with Crippen molar-refractivity contribution >= 4 is 24.6 Å². The van der Waals surface area contributed by atoms with Gasteiger partial charge in [0, 0.05) is 6.42 Å². The van der Waals surface area contributed by atoms with Gasteiger partial charge < -0.3 is 30.7 Å². The van der Waals surface area contributed by atoms with Crippen LogP contribution in [0.5, 0.6) is 0 Å². The predicted molar refractivity (Wildman–Crippen MR) is 81.1 cm³/mol. The molecule has 13 heteroatoms. The summed E-state index contributed by atoms with van der Waals surface area (Å²) < 4.78 is 23.3. The Morgan fingerprint density at radius 3 is 2.65 bits per heavy atom. The lowest BCUT2D eigenvalue weighted by molar-refractivity contribution is -0.305. The van der Waals surface area contributed by atoms with E-state index in [2.05, 4.69) is 15.0 Å². The van der Waals surface area contributed by atoms with Crippen LogP contribution < -0.4 is 5.73 Å². The van der Waals surface area contributed by atoms with Crippen LogP contribution >= 0.6 is 7.60 Å². The molecule has 2 aliphatic carbocycles. The molecule has 2 aliphatic heterocycles. The Balaban J connectivity index is 1.56. The van der Waals surface area contributed by atoms with Crippen molar-refractivity contribution in [2.75, 3.05) is 5.73 Å². The normalized spacial score (nSPS) is 48.3. The molecule has 138 valence electrons. The summed E-state index contributed by atoms with van der Waals surface area (Å²) in [7, 11) is -3.52. The Labute approximate surface area is 144 Å². The maximum Gasteiger partial charge on any atom is 0.403 e. The van der Waals surface area contributed by atoms with Crippen molar-refractivity contribution in [3.63, 3.8) is 0 Å². The Kier molecular flexibility index (Phi) is 2.25. The molecule has 0 radical (unpaired) electrons. The molecule has 0 spiro atoms. The van der Waals surface area contributed by atoms with E-state index in [0.29, 0.717) is 11.2 Å². The topological polar surface area (TPSA) is 193 Å². The third kappa shape index (κ3) is 1.25. The van der Waals surface area contributed by atoms with Gasteiger partial charge >= 0.3 is 13.1 Å². The lowest BCUT2D eigenvalue weighted by atomic mass is 9.87. The molecule has 0 bridgehead atoms. The summed E-state index contributed by atoms with van der Waals surface area (Å²) in [6, 6.07) is 0. The van der Waals surface area contributed by atoms with E-state index < -0.39 is 42.1 Å². The van der Waals surface area contributed by atoms with E-state index in [1.807, 2.05) is 0 Å². The summed E-state index contributed by atoms with van der Waals surface area (Å²) in [5.41, 5.74) is 1.60. The van der Waals surface area contributed by atoms with Crippen LogP contribution in [-0.2, 0) is 19.2 Å². The second kappa shape index (κ2) is 3.80. The van der Waals surface area contributed by atoms with Crippen LogP contribution in [0, 0.1) is 5.41 Å². The number of hydrogen-bond acceptors (Lipinski definition) is 11. The number of hydrogen-bond donors (Lipinski definition) is 5. The van der Waals surface area contributed by atoms with Gasteiger partial charge in [0.05, 0.1) is 29.5 Å². The highest BCUT2D eigenvalue weighted by Crippen LogP contribution is 3.02. The number of nitrogen functional groups attached to an aromatic ring is 1. The molecule has 26 heavy (non-hydrogen) atoms. The van der Waals surface area contributed by atoms with Crippen LogP contribution in [0.2, 0.25) is 0 Å². The first kappa shape index (κ1) is 15.4. The predicted octanol–water partition coefficient (Wildman–Crippen LogP) is -1.79. The lowest BCUT2D eigenvalue weighted by Crippen LogP contribution is -2.56. The minimum Gasteiger partial charge on any atom is -0.390 e. The van der Waals surface area contributed by atoms with E-state index in [1.54, 1.807) is 4.57 Å². The van der Waals surface area contributed by atoms with Crippen molar-refractivity contribution < 1.29 is 34.0 Å². The molecule has 2 aromatic heterocycles. The van der Waals surface area contributed by atoms with Crippen molar-refractivity contribution in [1.29, 1.82) is 0 Å². The number of aliphatic hydroxyl groups is 4. The molecular formula is C13H14N5O7P. The zero-order chi connectivity index (χ0) is 18.3. The molecule has 4 unspecified atom stereocenters. The van der Waals surface area contributed by atoms with Gasteiger partial charge in [0.25, 0.3) is 0 Å². The van der Waals surface area contributed by atoms with Crippen molar-refractivity contribution in [1.82, 2.24) is 19.5 Å². The zero-order valence-electron chi connectivity index (χ0n) is 13.1. The highest BCUT2D eigenvalue weighted by atomic mass is 31.2. The summed E-state index contributed by atoms with van der Waals surface area (Å²) >= 11 is 0. The number of anilines is 1. The molecule has 6 N–H and O–H groups in total. The summed E-state index contributed by atoms with van der Waals surface area (Å²) in [6.45, 7) is 0. The second-order valence-electron chi connectivity index (χ2n) is 7.38. The van der Waals surface area contributed by atoms with Crippen LogP contribution in [0.1, 0.15) is 12.8 Å². The van der Waals surface area contributed by atoms with Gasteiger partial charge in [0.1, 0.15) is 11.8 Å². The third-order valence-electron chi connectivity index (χ3n) is 6.36. The van der Waals surface area contributed by atoms with Gasteiger partial charge in [-0.2, -0.15) is 0 Å². The average molecular weight is 383 g/mol. The summed E-state index contributed by atoms with van der Waals surface area (Å²) in [5.74, 6) is -2.63. The first-order valence-electron chi connectivity index (χ1n) is 7.92. The van der Waals surface area contributed by atoms with Crippen molar-refractivity contribution in [2.45, 2.75) is 41.9 Å². The standard InChI is InChI=1S/C13H14N5O7P/c14-8-6-9(16-3-15-8)18(4-17-6)10-1-5(19)7(20)11(10,2-10)12(21,22)13-24-26(13,23)25-13/h3-5,7,19-22H,1-2H2,(H2,14,15,16). The molecule has 0 amide bonds. The van der Waals surface area contributed by atoms with Gasteiger partial charge in [-0.25, -0.2) is 15.0 Å². The van der Waals surface area contributed by atoms with Gasteiger partial charge in [-0.3, -0.25) is 13.6 Å². The number of rotatable bonds is 3. The maximum absolute atomic E-state index is 12.0. The summed E-state index contributed by atoms with van der Waals surface area (Å²) in [6.07, 6.45) is -0.0405. The van der Waals surface area contributed by atoms with Gasteiger partial charge in [-0.05, 0) is 6.42 Å². The highest BCUT2D eigenvalue weighted by molar-refractivity contribution is 7.68. The molecule has 4 atom stereocenters. The van der Waals surface area contributed by atoms with Crippen LogP contribution in [0.25, 0.3) is 11.2 Å². The molecule has 6 rings (SSSR count). The smallest absolute Gasteiger partial charge is 0.390 e. The van der Waals surface area contributed by atoms with E-state index >= 15 is 0 Å². The molecule has 4 aliphatic rings. The monoisotopic (exact) mass is 383 g/mol. The summed E-state index contributed by atoms with van der Waals surface area (Å²) in [4.78, 5) is 12.2. The van der Waals surface area contributed by atoms with Crippen molar-refractivity contribution in [2.24, 2.45) is 5.41 Å². The molecule has 2 saturated heterocycles. The lowest BCUT2D eigenvalue weighted by Gasteiger charge is -2.34. The third-order valence-corrected chi connectivity index (χ3v) is 8.24. The number of imidazole rings is 1. The summed E-state index contributed by atoms with van der Waals surface area (Å²) in [5, 5.41) is 42.6. The maximum atomic E-state index is 12.0. The van der Waals surface area contributed by atoms with E-state index in [0.717, 1.165) is 0 Å². The second-order valence-corrected chi connectivity index (χ2v) is 9.32. The van der Waals surface area contributed by atoms with E-state index in [9.17, 15) is 25.0 Å². The molecule has 4 heterocycles. The van der Waals surface area contributed by atoms with Gasteiger partial charge in [-0.15, -0.1) is 0 Å². The van der Waals surface area contributed by atoms with Crippen LogP contribution in [0.15, 0.2) is 12.7 Å². The van der Waals surface area contributed by atoms with E-state index in [1.165, 1.54) is 12.7 Å². The Bertz CT molecular complexity index is 1050. The number of fused-ring (bicyclic) bond motifs is 3. The highest BCUT2D eigenvalue weighted by Gasteiger charge is 3.06. The average Bonchev–Trinajstić information content (AvgIpc) is 3.43. The Hall–Kier alpha value is -1.66.